The number of pyridine rings is 1. The van der Waals surface area contributed by atoms with Crippen LogP contribution in [-0.2, 0) is 6.54 Å². The van der Waals surface area contributed by atoms with Crippen molar-refractivity contribution in [2.75, 3.05) is 13.1 Å². The lowest BCUT2D eigenvalue weighted by Crippen LogP contribution is -3.11. The lowest BCUT2D eigenvalue weighted by Gasteiger charge is -2.29. The van der Waals surface area contributed by atoms with Crippen LogP contribution in [0.2, 0.25) is 0 Å². The van der Waals surface area contributed by atoms with E-state index in [1.54, 1.807) is 11.3 Å². The van der Waals surface area contributed by atoms with Crippen molar-refractivity contribution < 1.29 is 14.8 Å². The molecule has 1 aromatic carbocycles. The summed E-state index contributed by atoms with van der Waals surface area (Å²) < 4.78 is 0. The van der Waals surface area contributed by atoms with Crippen LogP contribution in [0.15, 0.2) is 41.8 Å². The van der Waals surface area contributed by atoms with Crippen LogP contribution in [0.5, 0.6) is 0 Å². The smallest absolute Gasteiger partial charge is 0.106 e. The minimum atomic E-state index is -1.12. The summed E-state index contributed by atoms with van der Waals surface area (Å²) in [6, 6.07) is 11.5. The van der Waals surface area contributed by atoms with Gasteiger partial charge in [0, 0.05) is 27.0 Å². The molecule has 2 aromatic heterocycles. The average Bonchev–Trinajstić information content (AvgIpc) is 3.12. The number of carbonyl (C=O) groups is 1. The zero-order chi connectivity index (χ0) is 17.4. The Balaban J connectivity index is 2.01. The second-order valence-electron chi connectivity index (χ2n) is 6.26. The molecule has 1 atom stereocenters. The molecule has 126 valence electrons. The first kappa shape index (κ1) is 16.0. The first-order valence-corrected chi connectivity index (χ1v) is 9.26. The van der Waals surface area contributed by atoms with E-state index in [1.807, 2.05) is 35.7 Å². The van der Waals surface area contributed by atoms with Crippen molar-refractivity contribution >= 4 is 39.9 Å². The zero-order valence-corrected chi connectivity index (χ0v) is 14.7. The summed E-state index contributed by atoms with van der Waals surface area (Å²) >= 11 is 1.67. The first-order valence-electron chi connectivity index (χ1n) is 8.38. The summed E-state index contributed by atoms with van der Waals surface area (Å²) in [5.74, 6) is -1.12. The lowest BCUT2D eigenvalue weighted by molar-refractivity contribution is -0.905. The van der Waals surface area contributed by atoms with Crippen molar-refractivity contribution in [2.24, 2.45) is 0 Å². The van der Waals surface area contributed by atoms with Crippen LogP contribution in [0.1, 0.15) is 33.4 Å². The molecule has 1 aliphatic heterocycles. The Labute approximate surface area is 150 Å². The van der Waals surface area contributed by atoms with E-state index in [-0.39, 0.29) is 0 Å². The molecule has 3 heterocycles. The molecule has 1 aliphatic rings. The summed E-state index contributed by atoms with van der Waals surface area (Å²) in [5.41, 5.74) is 3.70. The van der Waals surface area contributed by atoms with Gasteiger partial charge >= 0.3 is 0 Å². The van der Waals surface area contributed by atoms with Gasteiger partial charge in [-0.05, 0) is 30.5 Å². The molecule has 0 bridgehead atoms. The molecule has 4 rings (SSSR count). The number of benzene rings is 1. The van der Waals surface area contributed by atoms with E-state index in [9.17, 15) is 9.90 Å². The number of rotatable bonds is 3. The molecule has 0 saturated heterocycles. The Kier molecular flexibility index (Phi) is 4.11. The van der Waals surface area contributed by atoms with Crippen molar-refractivity contribution in [3.05, 3.63) is 63.5 Å². The van der Waals surface area contributed by atoms with Crippen LogP contribution >= 0.6 is 11.3 Å². The Morgan fingerprint density at radius 3 is 2.84 bits per heavy atom. The lowest BCUT2D eigenvalue weighted by atomic mass is 9.92. The van der Waals surface area contributed by atoms with Gasteiger partial charge in [-0.25, -0.2) is 4.98 Å². The highest BCUT2D eigenvalue weighted by molar-refractivity contribution is 7.10. The topological polar surface area (TPSA) is 57.5 Å². The van der Waals surface area contributed by atoms with E-state index in [0.29, 0.717) is 23.0 Å². The van der Waals surface area contributed by atoms with E-state index < -0.39 is 5.97 Å². The van der Waals surface area contributed by atoms with E-state index in [4.69, 9.17) is 4.98 Å². The fraction of sp³-hybridized carbons (Fsp3) is 0.200. The minimum Gasteiger partial charge on any atom is -0.545 e. The highest BCUT2D eigenvalue weighted by Gasteiger charge is 2.28. The number of carboxylic acid groups (broad SMARTS) is 1. The summed E-state index contributed by atoms with van der Waals surface area (Å²) in [5, 5.41) is 14.6. The number of hydrogen-bond donors (Lipinski definition) is 1. The quantitative estimate of drug-likeness (QED) is 0.781. The number of fused-ring (bicyclic) bond motifs is 2. The third kappa shape index (κ3) is 2.86. The average molecular weight is 350 g/mol. The van der Waals surface area contributed by atoms with E-state index >= 15 is 0 Å². The molecule has 1 N–H and O–H groups in total. The van der Waals surface area contributed by atoms with Gasteiger partial charge in [-0.1, -0.05) is 24.3 Å². The van der Waals surface area contributed by atoms with Gasteiger partial charge in [0.1, 0.15) is 13.1 Å². The number of hydrogen-bond acceptors (Lipinski definition) is 4. The number of carboxylic acids is 1. The van der Waals surface area contributed by atoms with Crippen LogP contribution in [0.25, 0.3) is 22.6 Å². The Hall–Kier alpha value is -2.50. The number of carbonyl (C=O) groups excluding carboxylic acids is 1. The summed E-state index contributed by atoms with van der Waals surface area (Å²) in [4.78, 5) is 19.2. The van der Waals surface area contributed by atoms with Crippen LogP contribution in [0.3, 0.4) is 0 Å². The second kappa shape index (κ2) is 6.43. The van der Waals surface area contributed by atoms with Gasteiger partial charge in [0.2, 0.25) is 0 Å². The standard InChI is InChI=1S/C20H18N2O2S/c1-2-22-11-13(10-14-6-5-9-25-14)19-16(12-22)18(20(23)24)15-7-3-4-8-17(15)21-19/h3-10H,2,11-12H2,1H3,(H,23,24)/b13-10-. The minimum absolute atomic E-state index is 0.295. The van der Waals surface area contributed by atoms with Crippen molar-refractivity contribution in [3.8, 4) is 0 Å². The molecule has 0 fully saturated rings. The third-order valence-electron chi connectivity index (χ3n) is 4.73. The molecule has 4 nitrogen and oxygen atoms in total. The first-order chi connectivity index (χ1) is 12.2. The molecule has 0 amide bonds. The number of aromatic nitrogens is 1. The predicted molar refractivity (Wildman–Crippen MR) is 98.3 cm³/mol. The molecule has 5 heteroatoms. The second-order valence-corrected chi connectivity index (χ2v) is 7.24. The number of thiophene rings is 1. The number of nitrogens with zero attached hydrogens (tertiary/aromatic N) is 1. The predicted octanol–water partition coefficient (Wildman–Crippen LogP) is 1.62. The Bertz CT molecular complexity index is 977. The van der Waals surface area contributed by atoms with Gasteiger partial charge in [-0.3, -0.25) is 0 Å². The van der Waals surface area contributed by atoms with Crippen LogP contribution in [0.4, 0.5) is 0 Å². The Morgan fingerprint density at radius 2 is 2.12 bits per heavy atom. The molecule has 0 saturated carbocycles. The molecule has 3 aromatic rings. The van der Waals surface area contributed by atoms with Gasteiger partial charge in [0.05, 0.1) is 23.7 Å². The maximum Gasteiger partial charge on any atom is 0.106 e. The van der Waals surface area contributed by atoms with Gasteiger partial charge in [-0.2, -0.15) is 0 Å². The molecular formula is C20H18N2O2S. The summed E-state index contributed by atoms with van der Waals surface area (Å²) in [7, 11) is 0. The zero-order valence-electron chi connectivity index (χ0n) is 13.9. The monoisotopic (exact) mass is 350 g/mol. The molecule has 0 aliphatic carbocycles. The summed E-state index contributed by atoms with van der Waals surface area (Å²) in [6.07, 6.45) is 2.14. The van der Waals surface area contributed by atoms with Crippen LogP contribution in [-0.4, -0.2) is 24.0 Å². The molecule has 0 spiro atoms. The Morgan fingerprint density at radius 1 is 1.28 bits per heavy atom. The number of nitrogens with one attached hydrogen (secondary N) is 1. The van der Waals surface area contributed by atoms with Crippen molar-refractivity contribution in [1.82, 2.24) is 4.98 Å². The maximum absolute atomic E-state index is 11.9. The van der Waals surface area contributed by atoms with E-state index in [2.05, 4.69) is 19.1 Å². The molecular weight excluding hydrogens is 332 g/mol. The van der Waals surface area contributed by atoms with Crippen molar-refractivity contribution in [2.45, 2.75) is 13.5 Å². The van der Waals surface area contributed by atoms with Gasteiger partial charge in [0.15, 0.2) is 0 Å². The fourth-order valence-electron chi connectivity index (χ4n) is 3.50. The number of aromatic carboxylic acids is 1. The van der Waals surface area contributed by atoms with Gasteiger partial charge in [0.25, 0.3) is 0 Å². The van der Waals surface area contributed by atoms with E-state index in [0.717, 1.165) is 34.8 Å². The fourth-order valence-corrected chi connectivity index (χ4v) is 4.18. The highest BCUT2D eigenvalue weighted by Crippen LogP contribution is 2.30. The largest absolute Gasteiger partial charge is 0.545 e. The SMILES string of the molecule is CC[NH+]1C/C(=C/c2cccs2)c2nc3ccccc3c(C(=O)[O-])c2C1. The van der Waals surface area contributed by atoms with E-state index in [1.165, 1.54) is 4.90 Å². The van der Waals surface area contributed by atoms with Crippen molar-refractivity contribution in [1.29, 1.82) is 0 Å². The van der Waals surface area contributed by atoms with Gasteiger partial charge < -0.3 is 14.8 Å². The number of quaternary nitrogens is 1. The summed E-state index contributed by atoms with van der Waals surface area (Å²) in [6.45, 7) is 4.56. The number of likely N-dealkylation sites (N-methyl/N-ethyl adjacent to an activating group) is 1. The maximum atomic E-state index is 11.9. The van der Waals surface area contributed by atoms with Crippen molar-refractivity contribution in [3.63, 3.8) is 0 Å². The normalized spacial score (nSPS) is 18.4. The third-order valence-corrected chi connectivity index (χ3v) is 5.55. The molecule has 0 radical (unpaired) electrons. The molecule has 25 heavy (non-hydrogen) atoms. The molecule has 1 unspecified atom stereocenters. The van der Waals surface area contributed by atoms with Crippen LogP contribution < -0.4 is 10.0 Å². The highest BCUT2D eigenvalue weighted by atomic mass is 32.1. The van der Waals surface area contributed by atoms with Gasteiger partial charge in [-0.15, -0.1) is 11.3 Å². The number of para-hydroxylation sites is 1. The van der Waals surface area contributed by atoms with Crippen LogP contribution in [0, 0.1) is 0 Å².